The average molecular weight is 256 g/mol. The fraction of sp³-hybridized carbons (Fsp3) is 0.727. The first-order valence-corrected chi connectivity index (χ1v) is 6.90. The maximum Gasteiger partial charge on any atom is 0.226 e. The number of unbranched alkanes of at least 4 members (excludes halogenated alkanes) is 3. The second-order valence-corrected chi connectivity index (χ2v) is 4.92. The number of nitrogens with zero attached hydrogens (tertiary/aromatic N) is 2. The standard InChI is InChI=1S/C11H20N4OS/c1-2-10-14-15-11(17-10)13-9(16)7-5-3-4-6-8-12/h2-8,12H2,1H3,(H,13,15,16). The minimum Gasteiger partial charge on any atom is -0.330 e. The monoisotopic (exact) mass is 256 g/mol. The molecule has 0 aliphatic carbocycles. The molecule has 6 heteroatoms. The second kappa shape index (κ2) is 8.14. The Hall–Kier alpha value is -1.01. The van der Waals surface area contributed by atoms with Gasteiger partial charge in [-0.1, -0.05) is 31.1 Å². The molecule has 0 aromatic carbocycles. The third kappa shape index (κ3) is 5.74. The lowest BCUT2D eigenvalue weighted by atomic mass is 10.1. The van der Waals surface area contributed by atoms with E-state index in [1.807, 2.05) is 6.92 Å². The summed E-state index contributed by atoms with van der Waals surface area (Å²) in [4.78, 5) is 11.5. The van der Waals surface area contributed by atoms with Gasteiger partial charge in [-0.2, -0.15) is 0 Å². The molecule has 0 atom stereocenters. The summed E-state index contributed by atoms with van der Waals surface area (Å²) in [7, 11) is 0. The Morgan fingerprint density at radius 2 is 2.06 bits per heavy atom. The van der Waals surface area contributed by atoms with E-state index in [1.165, 1.54) is 11.3 Å². The van der Waals surface area contributed by atoms with E-state index in [-0.39, 0.29) is 5.91 Å². The Labute approximate surface area is 106 Å². The predicted molar refractivity (Wildman–Crippen MR) is 70.1 cm³/mol. The molecule has 1 aromatic heterocycles. The highest BCUT2D eigenvalue weighted by molar-refractivity contribution is 7.15. The van der Waals surface area contributed by atoms with Crippen molar-refractivity contribution in [2.24, 2.45) is 5.73 Å². The van der Waals surface area contributed by atoms with E-state index in [2.05, 4.69) is 15.5 Å². The fourth-order valence-electron chi connectivity index (χ4n) is 1.41. The Bertz CT molecular complexity index is 340. The third-order valence-electron chi connectivity index (χ3n) is 2.37. The Morgan fingerprint density at radius 1 is 1.29 bits per heavy atom. The van der Waals surface area contributed by atoms with E-state index >= 15 is 0 Å². The Kier molecular flexibility index (Phi) is 6.73. The van der Waals surface area contributed by atoms with Crippen molar-refractivity contribution in [1.29, 1.82) is 0 Å². The molecular weight excluding hydrogens is 236 g/mol. The molecule has 0 aliphatic heterocycles. The molecule has 17 heavy (non-hydrogen) atoms. The van der Waals surface area contributed by atoms with Crippen LogP contribution in [0.15, 0.2) is 0 Å². The molecule has 1 amide bonds. The number of amides is 1. The van der Waals surface area contributed by atoms with E-state index in [1.54, 1.807) is 0 Å². The molecule has 1 aromatic rings. The molecule has 0 bridgehead atoms. The predicted octanol–water partition coefficient (Wildman–Crippen LogP) is 1.95. The second-order valence-electron chi connectivity index (χ2n) is 3.86. The summed E-state index contributed by atoms with van der Waals surface area (Å²) in [6, 6.07) is 0. The van der Waals surface area contributed by atoms with Gasteiger partial charge >= 0.3 is 0 Å². The van der Waals surface area contributed by atoms with Gasteiger partial charge in [0.1, 0.15) is 5.01 Å². The summed E-state index contributed by atoms with van der Waals surface area (Å²) < 4.78 is 0. The van der Waals surface area contributed by atoms with Crippen molar-refractivity contribution in [3.63, 3.8) is 0 Å². The van der Waals surface area contributed by atoms with Gasteiger partial charge in [-0.05, 0) is 25.8 Å². The van der Waals surface area contributed by atoms with E-state index < -0.39 is 0 Å². The smallest absolute Gasteiger partial charge is 0.226 e. The van der Waals surface area contributed by atoms with Gasteiger partial charge < -0.3 is 11.1 Å². The molecule has 0 radical (unpaired) electrons. The lowest BCUT2D eigenvalue weighted by molar-refractivity contribution is -0.116. The van der Waals surface area contributed by atoms with Crippen molar-refractivity contribution < 1.29 is 4.79 Å². The first-order chi connectivity index (χ1) is 8.26. The van der Waals surface area contributed by atoms with E-state index in [4.69, 9.17) is 5.73 Å². The van der Waals surface area contributed by atoms with Crippen molar-refractivity contribution in [2.45, 2.75) is 45.4 Å². The van der Waals surface area contributed by atoms with Gasteiger partial charge in [-0.3, -0.25) is 4.79 Å². The summed E-state index contributed by atoms with van der Waals surface area (Å²) >= 11 is 1.44. The number of rotatable bonds is 8. The van der Waals surface area contributed by atoms with Crippen LogP contribution >= 0.6 is 11.3 Å². The molecule has 0 unspecified atom stereocenters. The molecule has 0 saturated heterocycles. The van der Waals surface area contributed by atoms with Crippen molar-refractivity contribution in [3.8, 4) is 0 Å². The van der Waals surface area contributed by atoms with Crippen LogP contribution in [0.1, 0.15) is 44.0 Å². The number of nitrogens with two attached hydrogens (primary N) is 1. The van der Waals surface area contributed by atoms with E-state index in [0.29, 0.717) is 11.6 Å². The minimum absolute atomic E-state index is 0.0246. The number of aromatic nitrogens is 2. The lowest BCUT2D eigenvalue weighted by Crippen LogP contribution is -2.10. The van der Waals surface area contributed by atoms with Crippen LogP contribution in [0.2, 0.25) is 0 Å². The topological polar surface area (TPSA) is 80.9 Å². The van der Waals surface area contributed by atoms with Crippen LogP contribution in [0.3, 0.4) is 0 Å². The molecule has 5 nitrogen and oxygen atoms in total. The van der Waals surface area contributed by atoms with Gasteiger partial charge in [0.05, 0.1) is 0 Å². The molecule has 0 fully saturated rings. The largest absolute Gasteiger partial charge is 0.330 e. The zero-order valence-electron chi connectivity index (χ0n) is 10.2. The minimum atomic E-state index is 0.0246. The number of hydrogen-bond acceptors (Lipinski definition) is 5. The van der Waals surface area contributed by atoms with Gasteiger partial charge in [-0.15, -0.1) is 10.2 Å². The van der Waals surface area contributed by atoms with Gasteiger partial charge in [0, 0.05) is 6.42 Å². The summed E-state index contributed by atoms with van der Waals surface area (Å²) in [5.74, 6) is 0.0246. The summed E-state index contributed by atoms with van der Waals surface area (Å²) in [6.07, 6.45) is 5.50. The highest BCUT2D eigenvalue weighted by Gasteiger charge is 2.06. The van der Waals surface area contributed by atoms with Crippen LogP contribution < -0.4 is 11.1 Å². The average Bonchev–Trinajstić information content (AvgIpc) is 2.76. The third-order valence-corrected chi connectivity index (χ3v) is 3.36. The summed E-state index contributed by atoms with van der Waals surface area (Å²) in [5.41, 5.74) is 5.40. The number of anilines is 1. The number of carbonyl (C=O) groups is 1. The SMILES string of the molecule is CCc1nnc(NC(=O)CCCCCCN)s1. The first-order valence-electron chi connectivity index (χ1n) is 6.08. The Balaban J connectivity index is 2.16. The van der Waals surface area contributed by atoms with Gasteiger partial charge in [0.2, 0.25) is 11.0 Å². The van der Waals surface area contributed by atoms with Gasteiger partial charge in [0.15, 0.2) is 0 Å². The number of nitrogens with one attached hydrogen (secondary N) is 1. The van der Waals surface area contributed by atoms with Gasteiger partial charge in [0.25, 0.3) is 0 Å². The van der Waals surface area contributed by atoms with Crippen LogP contribution in [0.5, 0.6) is 0 Å². The number of aryl methyl sites for hydroxylation is 1. The van der Waals surface area contributed by atoms with Crippen LogP contribution in [0.25, 0.3) is 0 Å². The highest BCUT2D eigenvalue weighted by atomic mass is 32.1. The van der Waals surface area contributed by atoms with E-state index in [9.17, 15) is 4.79 Å². The normalized spacial score (nSPS) is 10.5. The molecular formula is C11H20N4OS. The summed E-state index contributed by atoms with van der Waals surface area (Å²) in [5, 5.41) is 12.2. The van der Waals surface area contributed by atoms with Crippen molar-refractivity contribution in [3.05, 3.63) is 5.01 Å². The quantitative estimate of drug-likeness (QED) is 0.697. The molecule has 3 N–H and O–H groups in total. The zero-order chi connectivity index (χ0) is 12.5. The van der Waals surface area contributed by atoms with Crippen LogP contribution in [0, 0.1) is 0 Å². The number of hydrogen-bond donors (Lipinski definition) is 2. The molecule has 1 heterocycles. The Morgan fingerprint density at radius 3 is 2.71 bits per heavy atom. The van der Waals surface area contributed by atoms with Crippen molar-refractivity contribution >= 4 is 22.4 Å². The first kappa shape index (κ1) is 14.1. The molecule has 0 saturated carbocycles. The van der Waals surface area contributed by atoms with Crippen molar-refractivity contribution in [1.82, 2.24) is 10.2 Å². The molecule has 0 aliphatic rings. The lowest BCUT2D eigenvalue weighted by Gasteiger charge is -2.00. The highest BCUT2D eigenvalue weighted by Crippen LogP contribution is 2.15. The zero-order valence-corrected chi connectivity index (χ0v) is 11.1. The van der Waals surface area contributed by atoms with Crippen LogP contribution in [-0.4, -0.2) is 22.6 Å². The maximum atomic E-state index is 11.5. The maximum absolute atomic E-state index is 11.5. The van der Waals surface area contributed by atoms with Crippen LogP contribution in [-0.2, 0) is 11.2 Å². The fourth-order valence-corrected chi connectivity index (χ4v) is 2.11. The molecule has 1 rings (SSSR count). The van der Waals surface area contributed by atoms with Crippen LogP contribution in [0.4, 0.5) is 5.13 Å². The van der Waals surface area contributed by atoms with E-state index in [0.717, 1.165) is 43.7 Å². The molecule has 0 spiro atoms. The van der Waals surface area contributed by atoms with Gasteiger partial charge in [-0.25, -0.2) is 0 Å². The summed E-state index contributed by atoms with van der Waals surface area (Å²) in [6.45, 7) is 2.75. The number of carbonyl (C=O) groups excluding carboxylic acids is 1. The van der Waals surface area contributed by atoms with Crippen molar-refractivity contribution in [2.75, 3.05) is 11.9 Å². The molecule has 96 valence electrons.